The van der Waals surface area contributed by atoms with Gasteiger partial charge in [0.05, 0.1) is 6.10 Å². The van der Waals surface area contributed by atoms with Crippen molar-refractivity contribution in [2.24, 2.45) is 0 Å². The fourth-order valence-corrected chi connectivity index (χ4v) is 5.09. The summed E-state index contributed by atoms with van der Waals surface area (Å²) < 4.78 is 17.2. The van der Waals surface area contributed by atoms with E-state index in [-0.39, 0.29) is 19.1 Å². The van der Waals surface area contributed by atoms with E-state index in [1.807, 2.05) is 24.3 Å². The standard InChI is InChI=1S/C25H27NO6/c27-24(28)23-21(32-22-11-5-6-14-30-22)12-13-26(23)25(29)31-15-20-18-9-3-1-7-16(18)17-8-2-4-10-19(17)20/h1-4,7-10,20-23H,5-6,11-15H2,(H,27,28). The molecule has 7 heteroatoms. The van der Waals surface area contributed by atoms with Gasteiger partial charge in [-0.05, 0) is 47.9 Å². The Morgan fingerprint density at radius 3 is 2.31 bits per heavy atom. The van der Waals surface area contributed by atoms with Crippen LogP contribution >= 0.6 is 0 Å². The normalized spacial score (nSPS) is 24.8. The number of rotatable bonds is 5. The molecule has 1 amide bonds. The molecule has 3 atom stereocenters. The fraction of sp³-hybridized carbons (Fsp3) is 0.440. The van der Waals surface area contributed by atoms with E-state index in [9.17, 15) is 14.7 Å². The molecule has 2 saturated heterocycles. The van der Waals surface area contributed by atoms with E-state index in [2.05, 4.69) is 24.3 Å². The van der Waals surface area contributed by atoms with E-state index in [0.717, 1.165) is 41.5 Å². The van der Waals surface area contributed by atoms with Crippen LogP contribution in [0, 0.1) is 0 Å². The first-order valence-electron chi connectivity index (χ1n) is 11.2. The molecule has 168 valence electrons. The van der Waals surface area contributed by atoms with Crippen LogP contribution in [0.2, 0.25) is 0 Å². The minimum absolute atomic E-state index is 0.0695. The number of aliphatic carboxylic acids is 1. The quantitative estimate of drug-likeness (QED) is 0.761. The van der Waals surface area contributed by atoms with Crippen molar-refractivity contribution in [1.82, 2.24) is 4.90 Å². The number of carboxylic acid groups (broad SMARTS) is 1. The van der Waals surface area contributed by atoms with Crippen molar-refractivity contribution in [3.05, 3.63) is 59.7 Å². The van der Waals surface area contributed by atoms with Crippen molar-refractivity contribution >= 4 is 12.1 Å². The highest BCUT2D eigenvalue weighted by atomic mass is 16.7. The van der Waals surface area contributed by atoms with E-state index in [4.69, 9.17) is 14.2 Å². The molecule has 1 aliphatic carbocycles. The average molecular weight is 437 g/mol. The Balaban J connectivity index is 1.27. The number of carbonyl (C=O) groups excluding carboxylic acids is 1. The first-order chi connectivity index (χ1) is 15.6. The van der Waals surface area contributed by atoms with E-state index in [0.29, 0.717) is 13.0 Å². The Morgan fingerprint density at radius 1 is 1.00 bits per heavy atom. The molecule has 2 aromatic rings. The second-order valence-electron chi connectivity index (χ2n) is 8.54. The molecule has 2 fully saturated rings. The Bertz CT molecular complexity index is 956. The van der Waals surface area contributed by atoms with Gasteiger partial charge in [-0.15, -0.1) is 0 Å². The van der Waals surface area contributed by atoms with Gasteiger partial charge >= 0.3 is 12.1 Å². The number of likely N-dealkylation sites (tertiary alicyclic amines) is 1. The van der Waals surface area contributed by atoms with Gasteiger partial charge in [0, 0.05) is 19.1 Å². The lowest BCUT2D eigenvalue weighted by Gasteiger charge is -2.29. The smallest absolute Gasteiger partial charge is 0.410 e. The van der Waals surface area contributed by atoms with E-state index in [1.165, 1.54) is 4.90 Å². The molecule has 3 aliphatic rings. The second kappa shape index (κ2) is 8.92. The fourth-order valence-electron chi connectivity index (χ4n) is 5.09. The summed E-state index contributed by atoms with van der Waals surface area (Å²) in [6.07, 6.45) is 1.54. The van der Waals surface area contributed by atoms with Gasteiger partial charge in [0.1, 0.15) is 6.61 Å². The third-order valence-corrected chi connectivity index (χ3v) is 6.63. The molecule has 32 heavy (non-hydrogen) atoms. The van der Waals surface area contributed by atoms with Crippen LogP contribution in [0.25, 0.3) is 11.1 Å². The number of ether oxygens (including phenoxy) is 3. The summed E-state index contributed by atoms with van der Waals surface area (Å²) in [5.74, 6) is -1.16. The molecule has 0 radical (unpaired) electrons. The van der Waals surface area contributed by atoms with Gasteiger partial charge in [-0.2, -0.15) is 0 Å². The molecule has 0 bridgehead atoms. The van der Waals surface area contributed by atoms with Crippen molar-refractivity contribution in [3.63, 3.8) is 0 Å². The van der Waals surface area contributed by atoms with Gasteiger partial charge in [0.2, 0.25) is 0 Å². The highest BCUT2D eigenvalue weighted by molar-refractivity contribution is 5.82. The van der Waals surface area contributed by atoms with Crippen LogP contribution in [-0.4, -0.2) is 60.3 Å². The summed E-state index contributed by atoms with van der Waals surface area (Å²) in [4.78, 5) is 26.2. The first kappa shape index (κ1) is 21.0. The molecule has 2 aromatic carbocycles. The van der Waals surface area contributed by atoms with Gasteiger partial charge in [0.15, 0.2) is 12.3 Å². The molecular formula is C25H27NO6. The Kier molecular flexibility index (Phi) is 5.85. The zero-order valence-corrected chi connectivity index (χ0v) is 17.8. The number of hydrogen-bond acceptors (Lipinski definition) is 5. The number of carbonyl (C=O) groups is 2. The molecule has 1 N–H and O–H groups in total. The lowest BCUT2D eigenvalue weighted by Crippen LogP contribution is -2.47. The predicted molar refractivity (Wildman–Crippen MR) is 116 cm³/mol. The maximum Gasteiger partial charge on any atom is 0.410 e. The summed E-state index contributed by atoms with van der Waals surface area (Å²) in [6, 6.07) is 15.2. The molecule has 5 rings (SSSR count). The first-order valence-corrected chi connectivity index (χ1v) is 11.2. The third kappa shape index (κ3) is 3.87. The Hall–Kier alpha value is -2.90. The molecule has 2 aliphatic heterocycles. The van der Waals surface area contributed by atoms with E-state index in [1.54, 1.807) is 0 Å². The summed E-state index contributed by atoms with van der Waals surface area (Å²) in [7, 11) is 0. The summed E-state index contributed by atoms with van der Waals surface area (Å²) >= 11 is 0. The van der Waals surface area contributed by atoms with Crippen LogP contribution in [0.15, 0.2) is 48.5 Å². The van der Waals surface area contributed by atoms with Gasteiger partial charge in [-0.1, -0.05) is 48.5 Å². The summed E-state index contributed by atoms with van der Waals surface area (Å²) in [6.45, 7) is 1.06. The molecule has 0 spiro atoms. The highest BCUT2D eigenvalue weighted by Crippen LogP contribution is 2.44. The lowest BCUT2D eigenvalue weighted by molar-refractivity contribution is -0.195. The second-order valence-corrected chi connectivity index (χ2v) is 8.54. The van der Waals surface area contributed by atoms with E-state index >= 15 is 0 Å². The van der Waals surface area contributed by atoms with Crippen LogP contribution in [0.4, 0.5) is 4.79 Å². The van der Waals surface area contributed by atoms with E-state index < -0.39 is 30.5 Å². The molecule has 0 saturated carbocycles. The SMILES string of the molecule is O=C(O)C1C(OC2CCCCO2)CCN1C(=O)OCC1c2ccccc2-c2ccccc21. The number of hydrogen-bond donors (Lipinski definition) is 1. The van der Waals surface area contributed by atoms with Crippen LogP contribution in [0.5, 0.6) is 0 Å². The van der Waals surface area contributed by atoms with Gasteiger partial charge < -0.3 is 19.3 Å². The zero-order valence-electron chi connectivity index (χ0n) is 17.8. The zero-order chi connectivity index (χ0) is 22.1. The Labute approximate surface area is 186 Å². The molecule has 3 unspecified atom stereocenters. The monoisotopic (exact) mass is 437 g/mol. The summed E-state index contributed by atoms with van der Waals surface area (Å²) in [5.41, 5.74) is 4.53. The topological polar surface area (TPSA) is 85.3 Å². The maximum atomic E-state index is 12.9. The maximum absolute atomic E-state index is 12.9. The predicted octanol–water partition coefficient (Wildman–Crippen LogP) is 4.01. The van der Waals surface area contributed by atoms with Crippen LogP contribution in [-0.2, 0) is 19.0 Å². The van der Waals surface area contributed by atoms with Crippen molar-refractivity contribution in [2.75, 3.05) is 19.8 Å². The largest absolute Gasteiger partial charge is 0.480 e. The van der Waals surface area contributed by atoms with Crippen molar-refractivity contribution in [1.29, 1.82) is 0 Å². The van der Waals surface area contributed by atoms with Gasteiger partial charge in [-0.3, -0.25) is 4.90 Å². The third-order valence-electron chi connectivity index (χ3n) is 6.63. The van der Waals surface area contributed by atoms with Crippen LogP contribution in [0.1, 0.15) is 42.7 Å². The minimum Gasteiger partial charge on any atom is -0.480 e. The average Bonchev–Trinajstić information content (AvgIpc) is 3.38. The Morgan fingerprint density at radius 2 is 1.69 bits per heavy atom. The number of fused-ring (bicyclic) bond motifs is 3. The minimum atomic E-state index is -1.09. The van der Waals surface area contributed by atoms with Gasteiger partial charge in [-0.25, -0.2) is 9.59 Å². The number of amides is 1. The van der Waals surface area contributed by atoms with Crippen LogP contribution in [0.3, 0.4) is 0 Å². The summed E-state index contributed by atoms with van der Waals surface area (Å²) in [5, 5.41) is 9.80. The molecule has 2 heterocycles. The van der Waals surface area contributed by atoms with Crippen molar-refractivity contribution in [2.45, 2.75) is 50.0 Å². The van der Waals surface area contributed by atoms with Crippen molar-refractivity contribution < 1.29 is 28.9 Å². The van der Waals surface area contributed by atoms with Crippen LogP contribution < -0.4 is 0 Å². The molecule has 0 aromatic heterocycles. The van der Waals surface area contributed by atoms with Gasteiger partial charge in [0.25, 0.3) is 0 Å². The highest BCUT2D eigenvalue weighted by Gasteiger charge is 2.45. The number of carboxylic acids is 1. The van der Waals surface area contributed by atoms with Crippen molar-refractivity contribution in [3.8, 4) is 11.1 Å². The number of benzene rings is 2. The molecule has 7 nitrogen and oxygen atoms in total. The lowest BCUT2D eigenvalue weighted by atomic mass is 9.98. The number of nitrogens with zero attached hydrogens (tertiary/aromatic N) is 1. The molecular weight excluding hydrogens is 410 g/mol.